The smallest absolute Gasteiger partial charge is 0.293 e. The second-order valence-electron chi connectivity index (χ2n) is 6.03. The molecule has 0 aliphatic carbocycles. The Balaban J connectivity index is 1.90. The van der Waals surface area contributed by atoms with E-state index in [1.165, 1.54) is 5.52 Å². The summed E-state index contributed by atoms with van der Waals surface area (Å²) in [6, 6.07) is 16.1. The van der Waals surface area contributed by atoms with Gasteiger partial charge in [0.05, 0.1) is 13.7 Å². The fourth-order valence-corrected chi connectivity index (χ4v) is 2.75. The van der Waals surface area contributed by atoms with Gasteiger partial charge in [-0.15, -0.1) is 0 Å². The largest absolute Gasteiger partial charge is 0.493 e. The minimum Gasteiger partial charge on any atom is -0.493 e. The van der Waals surface area contributed by atoms with E-state index in [1.807, 2.05) is 30.3 Å². The summed E-state index contributed by atoms with van der Waals surface area (Å²) in [6.07, 6.45) is 0. The van der Waals surface area contributed by atoms with Crippen molar-refractivity contribution in [3.63, 3.8) is 0 Å². The molecule has 0 aliphatic rings. The highest BCUT2D eigenvalue weighted by Gasteiger charge is 2.20. The number of ether oxygens (including phenoxy) is 2. The Bertz CT molecular complexity index is 793. The Morgan fingerprint density at radius 3 is 2.43 bits per heavy atom. The molecule has 0 unspecified atom stereocenters. The summed E-state index contributed by atoms with van der Waals surface area (Å²) in [5, 5.41) is 0. The third-order valence-electron chi connectivity index (χ3n) is 3.78. The number of hydrogen-bond acceptors (Lipinski definition) is 2. The van der Waals surface area contributed by atoms with Crippen molar-refractivity contribution in [2.45, 2.75) is 27.0 Å². The van der Waals surface area contributed by atoms with E-state index in [4.69, 9.17) is 9.47 Å². The molecule has 3 rings (SSSR count). The molecule has 0 radical (unpaired) electrons. The van der Waals surface area contributed by atoms with Crippen molar-refractivity contribution in [2.24, 2.45) is 5.92 Å². The molecule has 0 fully saturated rings. The van der Waals surface area contributed by atoms with Gasteiger partial charge in [-0.1, -0.05) is 38.1 Å². The topological polar surface area (TPSA) is 38.1 Å². The number of rotatable bonds is 6. The van der Waals surface area contributed by atoms with Gasteiger partial charge in [-0.05, 0) is 30.2 Å². The van der Waals surface area contributed by atoms with Crippen LogP contribution >= 0.6 is 0 Å². The van der Waals surface area contributed by atoms with Gasteiger partial charge in [-0.2, -0.15) is 0 Å². The summed E-state index contributed by atoms with van der Waals surface area (Å²) in [5.41, 5.74) is 2.34. The molecule has 2 aromatic carbocycles. The molecule has 1 N–H and O–H groups in total. The third kappa shape index (κ3) is 3.31. The molecular formula is C19H23N2O2+. The number of benzene rings is 2. The predicted molar refractivity (Wildman–Crippen MR) is 90.7 cm³/mol. The Labute approximate surface area is 136 Å². The number of fused-ring (bicyclic) bond motifs is 1. The van der Waals surface area contributed by atoms with Crippen LogP contribution in [0.5, 0.6) is 11.5 Å². The molecule has 1 heterocycles. The Hall–Kier alpha value is -2.49. The van der Waals surface area contributed by atoms with Crippen molar-refractivity contribution in [3.8, 4) is 11.5 Å². The van der Waals surface area contributed by atoms with Gasteiger partial charge in [0.1, 0.15) is 0 Å². The van der Waals surface area contributed by atoms with Crippen molar-refractivity contribution >= 4 is 11.0 Å². The number of aromatic amines is 1. The van der Waals surface area contributed by atoms with Crippen LogP contribution in [0, 0.1) is 5.92 Å². The summed E-state index contributed by atoms with van der Waals surface area (Å²) in [7, 11) is 1.66. The first-order chi connectivity index (χ1) is 11.2. The third-order valence-corrected chi connectivity index (χ3v) is 3.78. The van der Waals surface area contributed by atoms with Crippen molar-refractivity contribution in [1.29, 1.82) is 0 Å². The minimum absolute atomic E-state index is 0.474. The highest BCUT2D eigenvalue weighted by atomic mass is 16.5. The standard InChI is InChI=1S/C19H22N2O2/c1-14(2)12-21-16-9-5-4-8-15(16)20-19(21)13-23-18-11-7-6-10-17(18)22-3/h4-11,14H,12-13H2,1-3H3/p+1. The van der Waals surface area contributed by atoms with E-state index >= 15 is 0 Å². The van der Waals surface area contributed by atoms with E-state index in [0.717, 1.165) is 29.4 Å². The lowest BCUT2D eigenvalue weighted by Crippen LogP contribution is -2.40. The molecule has 3 aromatic rings. The zero-order valence-corrected chi connectivity index (χ0v) is 13.9. The van der Waals surface area contributed by atoms with Gasteiger partial charge in [0.25, 0.3) is 5.82 Å². The van der Waals surface area contributed by atoms with Crippen molar-refractivity contribution in [1.82, 2.24) is 4.98 Å². The van der Waals surface area contributed by atoms with Gasteiger partial charge in [-0.3, -0.25) is 0 Å². The van der Waals surface area contributed by atoms with Gasteiger partial charge < -0.3 is 9.47 Å². The van der Waals surface area contributed by atoms with Crippen LogP contribution < -0.4 is 14.0 Å². The molecule has 4 nitrogen and oxygen atoms in total. The fraction of sp³-hybridized carbons (Fsp3) is 0.316. The summed E-state index contributed by atoms with van der Waals surface area (Å²) < 4.78 is 13.6. The monoisotopic (exact) mass is 311 g/mol. The second kappa shape index (κ2) is 6.73. The summed E-state index contributed by atoms with van der Waals surface area (Å²) >= 11 is 0. The molecule has 23 heavy (non-hydrogen) atoms. The van der Waals surface area contributed by atoms with Crippen LogP contribution in [0.3, 0.4) is 0 Å². The Morgan fingerprint density at radius 2 is 1.70 bits per heavy atom. The summed E-state index contributed by atoms with van der Waals surface area (Å²) in [6.45, 7) is 5.87. The van der Waals surface area contributed by atoms with Crippen molar-refractivity contribution < 1.29 is 14.0 Å². The first-order valence-corrected chi connectivity index (χ1v) is 7.94. The van der Waals surface area contributed by atoms with Gasteiger partial charge >= 0.3 is 0 Å². The molecule has 120 valence electrons. The number of hydrogen-bond donors (Lipinski definition) is 1. The highest BCUT2D eigenvalue weighted by Crippen LogP contribution is 2.26. The Morgan fingerprint density at radius 1 is 1.00 bits per heavy atom. The van der Waals surface area contributed by atoms with Crippen LogP contribution in [0.25, 0.3) is 11.0 Å². The molecule has 0 bridgehead atoms. The van der Waals surface area contributed by atoms with E-state index in [0.29, 0.717) is 12.5 Å². The van der Waals surface area contributed by atoms with E-state index in [1.54, 1.807) is 7.11 Å². The minimum atomic E-state index is 0.474. The molecule has 0 amide bonds. The molecule has 0 spiro atoms. The lowest BCUT2D eigenvalue weighted by molar-refractivity contribution is -0.685. The lowest BCUT2D eigenvalue weighted by Gasteiger charge is -2.09. The van der Waals surface area contributed by atoms with Crippen LogP contribution in [0.1, 0.15) is 19.7 Å². The van der Waals surface area contributed by atoms with E-state index < -0.39 is 0 Å². The van der Waals surface area contributed by atoms with Gasteiger partial charge in [0.2, 0.25) is 0 Å². The number of methoxy groups -OCH3 is 1. The van der Waals surface area contributed by atoms with Crippen LogP contribution in [-0.4, -0.2) is 12.1 Å². The molecule has 0 saturated carbocycles. The van der Waals surface area contributed by atoms with Gasteiger partial charge in [-0.25, -0.2) is 9.55 Å². The Kier molecular flexibility index (Phi) is 4.51. The van der Waals surface area contributed by atoms with Crippen molar-refractivity contribution in [2.75, 3.05) is 7.11 Å². The van der Waals surface area contributed by atoms with Crippen LogP contribution in [-0.2, 0) is 13.2 Å². The maximum absolute atomic E-state index is 5.99. The first-order valence-electron chi connectivity index (χ1n) is 7.94. The first kappa shape index (κ1) is 15.4. The van der Waals surface area contributed by atoms with Crippen LogP contribution in [0.4, 0.5) is 0 Å². The molecule has 0 saturated heterocycles. The number of H-pyrrole nitrogens is 1. The van der Waals surface area contributed by atoms with Gasteiger partial charge in [0.15, 0.2) is 29.1 Å². The van der Waals surface area contributed by atoms with Crippen LogP contribution in [0.2, 0.25) is 0 Å². The lowest BCUT2D eigenvalue weighted by atomic mass is 10.2. The second-order valence-corrected chi connectivity index (χ2v) is 6.03. The van der Waals surface area contributed by atoms with E-state index in [2.05, 4.69) is 41.6 Å². The number of nitrogens with zero attached hydrogens (tertiary/aromatic N) is 1. The predicted octanol–water partition coefficient (Wildman–Crippen LogP) is 3.70. The molecular weight excluding hydrogens is 288 g/mol. The van der Waals surface area contributed by atoms with E-state index in [9.17, 15) is 0 Å². The average molecular weight is 311 g/mol. The fourth-order valence-electron chi connectivity index (χ4n) is 2.75. The molecule has 4 heteroatoms. The number of imidazole rings is 1. The normalized spacial score (nSPS) is 11.1. The number of para-hydroxylation sites is 4. The SMILES string of the molecule is COc1ccccc1OCc1[nH]c2ccccc2[n+]1CC(C)C. The van der Waals surface area contributed by atoms with Crippen LogP contribution in [0.15, 0.2) is 48.5 Å². The summed E-state index contributed by atoms with van der Waals surface area (Å²) in [4.78, 5) is 3.47. The quantitative estimate of drug-likeness (QED) is 0.705. The average Bonchev–Trinajstić information content (AvgIpc) is 2.90. The maximum atomic E-state index is 5.99. The maximum Gasteiger partial charge on any atom is 0.293 e. The zero-order chi connectivity index (χ0) is 16.2. The molecule has 1 aromatic heterocycles. The number of nitrogens with one attached hydrogen (secondary N) is 1. The van der Waals surface area contributed by atoms with Crippen molar-refractivity contribution in [3.05, 3.63) is 54.4 Å². The molecule has 0 aliphatic heterocycles. The molecule has 0 atom stereocenters. The number of aromatic nitrogens is 2. The summed E-state index contributed by atoms with van der Waals surface area (Å²) in [5.74, 6) is 3.12. The van der Waals surface area contributed by atoms with Gasteiger partial charge in [0, 0.05) is 0 Å². The highest BCUT2D eigenvalue weighted by molar-refractivity contribution is 5.71. The van der Waals surface area contributed by atoms with E-state index in [-0.39, 0.29) is 0 Å². The zero-order valence-electron chi connectivity index (χ0n) is 13.9.